The van der Waals surface area contributed by atoms with Gasteiger partial charge in [0.15, 0.2) is 5.78 Å². The van der Waals surface area contributed by atoms with Gasteiger partial charge in [-0.05, 0) is 104 Å². The molecule has 0 radical (unpaired) electrons. The van der Waals surface area contributed by atoms with Crippen molar-refractivity contribution in [1.29, 1.82) is 0 Å². The fraction of sp³-hybridized carbons (Fsp3) is 0.500. The van der Waals surface area contributed by atoms with E-state index in [0.29, 0.717) is 29.9 Å². The highest BCUT2D eigenvalue weighted by Crippen LogP contribution is 2.66. The van der Waals surface area contributed by atoms with Crippen molar-refractivity contribution >= 4 is 15.6 Å². The van der Waals surface area contributed by atoms with Gasteiger partial charge in [0.05, 0.1) is 18.6 Å². The molecule has 3 fully saturated rings. The maximum atomic E-state index is 13.6. The molecule has 1 aromatic carbocycles. The summed E-state index contributed by atoms with van der Waals surface area (Å²) in [6, 6.07) is 6.30. The van der Waals surface area contributed by atoms with Gasteiger partial charge in [-0.2, -0.15) is 0 Å². The molecule has 0 bridgehead atoms. The van der Waals surface area contributed by atoms with Gasteiger partial charge in [0.25, 0.3) is 5.03 Å². The van der Waals surface area contributed by atoms with Crippen molar-refractivity contribution in [1.82, 2.24) is 0 Å². The highest BCUT2D eigenvalue weighted by Gasteiger charge is 2.58. The van der Waals surface area contributed by atoms with E-state index in [1.165, 1.54) is 24.8 Å². The topological polar surface area (TPSA) is 64.8 Å². The van der Waals surface area contributed by atoms with Crippen LogP contribution >= 0.6 is 0 Å². The Bertz CT molecular complexity index is 1280. The Morgan fingerprint density at radius 2 is 1.82 bits per heavy atom. The van der Waals surface area contributed by atoms with Crippen molar-refractivity contribution in [2.24, 2.45) is 28.6 Å². The fourth-order valence-electron chi connectivity index (χ4n) is 7.52. The van der Waals surface area contributed by atoms with E-state index >= 15 is 0 Å². The molecule has 4 aliphatic carbocycles. The minimum Gasteiger partial charge on any atom is -0.497 e. The first-order valence-corrected chi connectivity index (χ1v) is 13.6. The van der Waals surface area contributed by atoms with Crippen LogP contribution in [0.2, 0.25) is 0 Å². The van der Waals surface area contributed by atoms with Gasteiger partial charge in [0, 0.05) is 5.41 Å². The molecule has 1 aromatic rings. The molecule has 6 heteroatoms. The summed E-state index contributed by atoms with van der Waals surface area (Å²) in [6.07, 6.45) is 11.0. The maximum Gasteiger partial charge on any atom is 0.282 e. The van der Waals surface area contributed by atoms with Crippen LogP contribution in [0.3, 0.4) is 0 Å². The van der Waals surface area contributed by atoms with Crippen molar-refractivity contribution < 1.29 is 17.9 Å². The number of hydrogen-bond donors (Lipinski definition) is 0. The Morgan fingerprint density at radius 3 is 2.50 bits per heavy atom. The van der Waals surface area contributed by atoms with Crippen LogP contribution in [-0.4, -0.2) is 21.3 Å². The number of rotatable bonds is 3. The molecule has 0 heterocycles. The lowest BCUT2D eigenvalue weighted by Gasteiger charge is -2.56. The van der Waals surface area contributed by atoms with Crippen LogP contribution in [0.4, 0.5) is 0 Å². The number of fused-ring (bicyclic) bond motifs is 5. The molecule has 0 saturated heterocycles. The number of ketones is 1. The molecule has 178 valence electrons. The van der Waals surface area contributed by atoms with Gasteiger partial charge >= 0.3 is 0 Å². The van der Waals surface area contributed by atoms with E-state index in [-0.39, 0.29) is 26.5 Å². The van der Waals surface area contributed by atoms with E-state index in [9.17, 15) is 13.2 Å². The van der Waals surface area contributed by atoms with E-state index in [0.717, 1.165) is 37.7 Å². The smallest absolute Gasteiger partial charge is 0.282 e. The number of nitrogens with zero attached hydrogens (tertiary/aromatic N) is 1. The standard InChI is InChI=1S/C28H31NO4S/c1-27-15-13-19(30)17-18(27)5-10-22-23-11-12-25(28(23,2)16-14-24(22)27)26(29-3)34(31,32)21-8-6-20(33-4)7-9-21/h6-9,13,15,17,22-24H,5,10-12,14,16H2,1-2,4H3/t22-,23-,24-,27-,28-/m0/s1. The highest BCUT2D eigenvalue weighted by molar-refractivity contribution is 7.95. The second-order valence-electron chi connectivity index (χ2n) is 10.7. The molecule has 0 aromatic heterocycles. The number of carbonyl (C=O) groups is 1. The second kappa shape index (κ2) is 7.95. The Hall–Kier alpha value is -2.65. The summed E-state index contributed by atoms with van der Waals surface area (Å²) in [5.74, 6) is 1.94. The van der Waals surface area contributed by atoms with Crippen molar-refractivity contribution in [2.45, 2.75) is 57.3 Å². The summed E-state index contributed by atoms with van der Waals surface area (Å²) in [7, 11) is -2.36. The van der Waals surface area contributed by atoms with Crippen LogP contribution in [0.1, 0.15) is 52.4 Å². The molecule has 5 nitrogen and oxygen atoms in total. The SMILES string of the molecule is [C-]#[N+]C(=C1CC[C@H]2[C@@H]3CCC4=CC(=O)C=C[C@]4(C)[C@H]3CC[C@]12C)S(=O)(=O)c1ccc(OC)cc1. The molecular weight excluding hydrogens is 446 g/mol. The second-order valence-corrected chi connectivity index (χ2v) is 12.5. The zero-order valence-corrected chi connectivity index (χ0v) is 20.8. The summed E-state index contributed by atoms with van der Waals surface area (Å²) in [6.45, 7) is 12.3. The van der Waals surface area contributed by atoms with E-state index in [4.69, 9.17) is 11.3 Å². The van der Waals surface area contributed by atoms with Gasteiger partial charge in [-0.3, -0.25) is 4.79 Å². The van der Waals surface area contributed by atoms with Crippen molar-refractivity contribution in [3.05, 3.63) is 70.1 Å². The van der Waals surface area contributed by atoms with Crippen LogP contribution in [0.25, 0.3) is 4.85 Å². The summed E-state index contributed by atoms with van der Waals surface area (Å²) in [5.41, 5.74) is 1.69. The molecule has 0 unspecified atom stereocenters. The molecule has 5 rings (SSSR count). The van der Waals surface area contributed by atoms with Crippen LogP contribution < -0.4 is 4.74 Å². The molecule has 4 aliphatic rings. The Morgan fingerprint density at radius 1 is 1.09 bits per heavy atom. The Kier molecular flexibility index (Phi) is 5.40. The van der Waals surface area contributed by atoms with Crippen LogP contribution in [0.15, 0.2) is 63.6 Å². The fourth-order valence-corrected chi connectivity index (χ4v) is 9.02. The lowest BCUT2D eigenvalue weighted by atomic mass is 9.48. The predicted octanol–water partition coefficient (Wildman–Crippen LogP) is 5.91. The Balaban J connectivity index is 1.52. The molecule has 0 amide bonds. The summed E-state index contributed by atoms with van der Waals surface area (Å²) in [4.78, 5) is 15.8. The molecule has 3 saturated carbocycles. The minimum atomic E-state index is -3.90. The Labute approximate surface area is 202 Å². The molecule has 0 spiro atoms. The number of carbonyl (C=O) groups excluding carboxylic acids is 1. The first kappa shape index (κ1) is 23.1. The third-order valence-electron chi connectivity index (χ3n) is 9.32. The molecule has 0 aliphatic heterocycles. The largest absolute Gasteiger partial charge is 0.497 e. The number of sulfone groups is 1. The van der Waals surface area contributed by atoms with Gasteiger partial charge in [-0.1, -0.05) is 25.5 Å². The third kappa shape index (κ3) is 3.24. The number of benzene rings is 1. The summed E-state index contributed by atoms with van der Waals surface area (Å²) in [5, 5.41) is -0.0770. The lowest BCUT2D eigenvalue weighted by Crippen LogP contribution is -2.48. The van der Waals surface area contributed by atoms with Gasteiger partial charge < -0.3 is 4.74 Å². The lowest BCUT2D eigenvalue weighted by molar-refractivity contribution is -0.111. The van der Waals surface area contributed by atoms with Gasteiger partial charge in [0.2, 0.25) is 9.84 Å². The highest BCUT2D eigenvalue weighted by atomic mass is 32.2. The zero-order chi connectivity index (χ0) is 24.3. The predicted molar refractivity (Wildman–Crippen MR) is 130 cm³/mol. The summed E-state index contributed by atoms with van der Waals surface area (Å²) >= 11 is 0. The number of hydrogen-bond acceptors (Lipinski definition) is 4. The molecule has 5 atom stereocenters. The molecular formula is C28H31NO4S. The van der Waals surface area contributed by atoms with E-state index < -0.39 is 9.84 Å². The molecule has 0 N–H and O–H groups in total. The van der Waals surface area contributed by atoms with Crippen LogP contribution in [0.5, 0.6) is 5.75 Å². The van der Waals surface area contributed by atoms with Crippen LogP contribution in [-0.2, 0) is 14.6 Å². The number of allylic oxidation sites excluding steroid dienone is 5. The normalized spacial score (nSPS) is 36.0. The number of ether oxygens (including phenoxy) is 1. The third-order valence-corrected chi connectivity index (χ3v) is 11.1. The van der Waals surface area contributed by atoms with Crippen molar-refractivity contribution in [3.63, 3.8) is 0 Å². The quantitative estimate of drug-likeness (QED) is 0.508. The van der Waals surface area contributed by atoms with Gasteiger partial charge in [-0.15, -0.1) is 0 Å². The van der Waals surface area contributed by atoms with Crippen molar-refractivity contribution in [2.75, 3.05) is 7.11 Å². The minimum absolute atomic E-state index is 0.0770. The maximum absolute atomic E-state index is 13.6. The first-order valence-electron chi connectivity index (χ1n) is 12.1. The monoisotopic (exact) mass is 477 g/mol. The van der Waals surface area contributed by atoms with E-state index in [1.807, 2.05) is 6.08 Å². The van der Waals surface area contributed by atoms with Gasteiger partial charge in [-0.25, -0.2) is 13.3 Å². The van der Waals surface area contributed by atoms with E-state index in [2.05, 4.69) is 24.8 Å². The van der Waals surface area contributed by atoms with Crippen LogP contribution in [0, 0.1) is 35.2 Å². The average Bonchev–Trinajstić information content (AvgIpc) is 3.17. The number of methoxy groups -OCH3 is 1. The van der Waals surface area contributed by atoms with Crippen molar-refractivity contribution in [3.8, 4) is 5.75 Å². The summed E-state index contributed by atoms with van der Waals surface area (Å²) < 4.78 is 32.3. The average molecular weight is 478 g/mol. The first-order chi connectivity index (χ1) is 16.1. The van der Waals surface area contributed by atoms with Gasteiger partial charge in [0.1, 0.15) is 5.75 Å². The zero-order valence-electron chi connectivity index (χ0n) is 20.0. The molecule has 34 heavy (non-hydrogen) atoms. The van der Waals surface area contributed by atoms with E-state index in [1.54, 1.807) is 18.2 Å².